The lowest BCUT2D eigenvalue weighted by atomic mass is 9.91. The molecule has 7 nitrogen and oxygen atoms in total. The van der Waals surface area contributed by atoms with Crippen LogP contribution in [-0.2, 0) is 36.8 Å². The highest BCUT2D eigenvalue weighted by Gasteiger charge is 2.43. The molecule has 45 heavy (non-hydrogen) atoms. The molecule has 0 spiro atoms. The van der Waals surface area contributed by atoms with Crippen LogP contribution in [0, 0.1) is 0 Å². The number of rotatable bonds is 11. The smallest absolute Gasteiger partial charge is 0.343 e. The molecule has 2 atom stereocenters. The number of nitrogens with zero attached hydrogens (tertiary/aromatic N) is 2. The first-order valence-corrected chi connectivity index (χ1v) is 18.4. The van der Waals surface area contributed by atoms with Crippen molar-refractivity contribution in [3.05, 3.63) is 119 Å². The van der Waals surface area contributed by atoms with Gasteiger partial charge in [-0.2, -0.15) is 0 Å². The molecule has 1 amide bonds. The Morgan fingerprint density at radius 2 is 1.60 bits per heavy atom. The molecule has 0 aliphatic carbocycles. The number of ether oxygens (including phenoxy) is 2. The van der Waals surface area contributed by atoms with E-state index in [2.05, 4.69) is 56.8 Å². The molecular formula is C37H44N2O5Si. The molecule has 8 heteroatoms. The van der Waals surface area contributed by atoms with Gasteiger partial charge in [0.25, 0.3) is 5.91 Å². The Kier molecular flexibility index (Phi) is 9.77. The van der Waals surface area contributed by atoms with E-state index in [0.717, 1.165) is 27.6 Å². The van der Waals surface area contributed by atoms with Gasteiger partial charge < -0.3 is 23.4 Å². The van der Waals surface area contributed by atoms with Gasteiger partial charge in [-0.05, 0) is 41.7 Å². The lowest BCUT2D eigenvalue weighted by molar-refractivity contribution is -0.146. The lowest BCUT2D eigenvalue weighted by Crippen LogP contribution is -2.47. The average Bonchev–Trinajstić information content (AvgIpc) is 3.39. The summed E-state index contributed by atoms with van der Waals surface area (Å²) in [5.41, 5.74) is 3.88. The van der Waals surface area contributed by atoms with Crippen LogP contribution in [0.1, 0.15) is 56.0 Å². The van der Waals surface area contributed by atoms with Crippen LogP contribution in [0.25, 0.3) is 10.9 Å². The van der Waals surface area contributed by atoms with Crippen molar-refractivity contribution >= 4 is 31.1 Å². The van der Waals surface area contributed by atoms with Gasteiger partial charge in [-0.3, -0.25) is 4.79 Å². The summed E-state index contributed by atoms with van der Waals surface area (Å²) in [4.78, 5) is 30.0. The molecule has 5 rings (SSSR count). The van der Waals surface area contributed by atoms with Gasteiger partial charge >= 0.3 is 5.97 Å². The van der Waals surface area contributed by atoms with Crippen LogP contribution in [0.5, 0.6) is 0 Å². The standard InChI is InChI=1S/C37H44N2O5Si/c1-37(2,3)45(5,6)44-25-34(28-17-11-8-12-18-28)39-33(31-23-38(26-42-4)32-20-14-13-19-29(31)32)22-21-30(35(39)40)36(41)43-24-27-15-9-7-10-16-27/h7-21,23,33-34H,22,24-26H2,1-6H3/t33-,34-/m0/s1. The minimum atomic E-state index is -2.19. The topological polar surface area (TPSA) is 70.0 Å². The van der Waals surface area contributed by atoms with Crippen LogP contribution in [0.2, 0.25) is 18.1 Å². The van der Waals surface area contributed by atoms with Crippen molar-refractivity contribution in [3.63, 3.8) is 0 Å². The van der Waals surface area contributed by atoms with E-state index in [1.54, 1.807) is 13.2 Å². The van der Waals surface area contributed by atoms with Crippen LogP contribution >= 0.6 is 0 Å². The molecule has 0 bridgehead atoms. The molecule has 0 saturated heterocycles. The Hall–Kier alpha value is -3.98. The van der Waals surface area contributed by atoms with Gasteiger partial charge in [0.2, 0.25) is 0 Å². The Morgan fingerprint density at radius 1 is 0.956 bits per heavy atom. The van der Waals surface area contributed by atoms with E-state index in [1.165, 1.54) is 0 Å². The zero-order valence-electron chi connectivity index (χ0n) is 27.2. The van der Waals surface area contributed by atoms with Gasteiger partial charge in [0, 0.05) is 24.3 Å². The summed E-state index contributed by atoms with van der Waals surface area (Å²) in [7, 11) is -0.520. The molecule has 2 heterocycles. The van der Waals surface area contributed by atoms with E-state index in [1.807, 2.05) is 77.7 Å². The summed E-state index contributed by atoms with van der Waals surface area (Å²) in [5.74, 6) is -0.980. The molecule has 236 valence electrons. The highest BCUT2D eigenvalue weighted by Crippen LogP contribution is 2.43. The zero-order valence-corrected chi connectivity index (χ0v) is 28.2. The third-order valence-electron chi connectivity index (χ3n) is 9.15. The maximum absolute atomic E-state index is 14.6. The maximum Gasteiger partial charge on any atom is 0.343 e. The normalized spacial score (nSPS) is 16.5. The fourth-order valence-electron chi connectivity index (χ4n) is 5.62. The van der Waals surface area contributed by atoms with Crippen LogP contribution in [0.3, 0.4) is 0 Å². The molecule has 0 saturated carbocycles. The second-order valence-corrected chi connectivity index (χ2v) is 17.9. The molecule has 0 unspecified atom stereocenters. The average molecular weight is 625 g/mol. The highest BCUT2D eigenvalue weighted by atomic mass is 28.4. The number of esters is 1. The van der Waals surface area contributed by atoms with Crippen molar-refractivity contribution in [2.75, 3.05) is 13.7 Å². The summed E-state index contributed by atoms with van der Waals surface area (Å²) in [6, 6.07) is 26.9. The number of para-hydroxylation sites is 1. The zero-order chi connectivity index (χ0) is 32.2. The number of carbonyl (C=O) groups is 2. The van der Waals surface area contributed by atoms with Gasteiger partial charge in [0.05, 0.1) is 24.2 Å². The molecule has 1 aliphatic rings. The number of hydrogen-bond acceptors (Lipinski definition) is 5. The maximum atomic E-state index is 14.6. The van der Waals surface area contributed by atoms with Gasteiger partial charge in [-0.25, -0.2) is 4.79 Å². The molecule has 0 N–H and O–H groups in total. The van der Waals surface area contributed by atoms with Crippen molar-refractivity contribution in [2.24, 2.45) is 0 Å². The van der Waals surface area contributed by atoms with Crippen LogP contribution < -0.4 is 0 Å². The Morgan fingerprint density at radius 3 is 2.27 bits per heavy atom. The van der Waals surface area contributed by atoms with Crippen LogP contribution in [-0.4, -0.2) is 43.4 Å². The molecule has 0 fully saturated rings. The van der Waals surface area contributed by atoms with Crippen molar-refractivity contribution in [2.45, 2.75) is 70.7 Å². The molecule has 4 aromatic rings. The van der Waals surface area contributed by atoms with E-state index in [9.17, 15) is 9.59 Å². The molecule has 0 radical (unpaired) electrons. The predicted molar refractivity (Wildman–Crippen MR) is 180 cm³/mol. The first kappa shape index (κ1) is 32.4. The van der Waals surface area contributed by atoms with Crippen molar-refractivity contribution in [3.8, 4) is 0 Å². The molecule has 3 aromatic carbocycles. The Balaban J connectivity index is 1.59. The third kappa shape index (κ3) is 6.98. The monoisotopic (exact) mass is 624 g/mol. The summed E-state index contributed by atoms with van der Waals surface area (Å²) in [5, 5.41) is 1.03. The minimum Gasteiger partial charge on any atom is -0.457 e. The summed E-state index contributed by atoms with van der Waals surface area (Å²) in [6.07, 6.45) is 4.27. The lowest BCUT2D eigenvalue weighted by Gasteiger charge is -2.43. The van der Waals surface area contributed by atoms with E-state index >= 15 is 0 Å². The van der Waals surface area contributed by atoms with Crippen molar-refractivity contribution < 1.29 is 23.5 Å². The number of fused-ring (bicyclic) bond motifs is 1. The van der Waals surface area contributed by atoms with E-state index in [4.69, 9.17) is 13.9 Å². The predicted octanol–water partition coefficient (Wildman–Crippen LogP) is 7.95. The molecule has 1 aromatic heterocycles. The van der Waals surface area contributed by atoms with Gasteiger partial charge in [0.15, 0.2) is 8.32 Å². The van der Waals surface area contributed by atoms with Gasteiger partial charge in [-0.1, -0.05) is 106 Å². The highest BCUT2D eigenvalue weighted by molar-refractivity contribution is 6.74. The van der Waals surface area contributed by atoms with E-state index in [0.29, 0.717) is 19.8 Å². The molecule has 1 aliphatic heterocycles. The van der Waals surface area contributed by atoms with Crippen molar-refractivity contribution in [1.29, 1.82) is 0 Å². The second kappa shape index (κ2) is 13.6. The number of carbonyl (C=O) groups excluding carboxylic acids is 2. The van der Waals surface area contributed by atoms with Crippen LogP contribution in [0.4, 0.5) is 0 Å². The summed E-state index contributed by atoms with van der Waals surface area (Å²) >= 11 is 0. The van der Waals surface area contributed by atoms with Crippen LogP contribution in [0.15, 0.2) is 103 Å². The van der Waals surface area contributed by atoms with Crippen molar-refractivity contribution in [1.82, 2.24) is 9.47 Å². The quantitative estimate of drug-likeness (QED) is 0.0962. The van der Waals surface area contributed by atoms with Gasteiger partial charge in [0.1, 0.15) is 18.9 Å². The fourth-order valence-corrected chi connectivity index (χ4v) is 6.63. The SMILES string of the molecule is COCn1cc([C@@H]2CC=C(C(=O)OCc3ccccc3)C(=O)N2[C@@H](CO[Si](C)(C)C(C)(C)C)c2ccccc2)c2ccccc21. The summed E-state index contributed by atoms with van der Waals surface area (Å²) < 4.78 is 20.1. The fraction of sp³-hybridized carbons (Fsp3) is 0.351. The number of methoxy groups -OCH3 is 1. The Labute approximate surface area is 267 Å². The first-order chi connectivity index (χ1) is 21.5. The largest absolute Gasteiger partial charge is 0.457 e. The minimum absolute atomic E-state index is 0.0145. The Bertz CT molecular complexity index is 1660. The number of hydrogen-bond donors (Lipinski definition) is 0. The number of amides is 1. The second-order valence-electron chi connectivity index (χ2n) is 13.1. The van der Waals surface area contributed by atoms with E-state index in [-0.39, 0.29) is 29.2 Å². The first-order valence-electron chi connectivity index (χ1n) is 15.5. The third-order valence-corrected chi connectivity index (χ3v) is 13.7. The summed E-state index contributed by atoms with van der Waals surface area (Å²) in [6.45, 7) is 11.8. The number of benzene rings is 3. The van der Waals surface area contributed by atoms with Gasteiger partial charge in [-0.15, -0.1) is 0 Å². The van der Waals surface area contributed by atoms with E-state index < -0.39 is 20.3 Å². The molecular weight excluding hydrogens is 581 g/mol. The number of aromatic nitrogens is 1.